The van der Waals surface area contributed by atoms with Gasteiger partial charge in [-0.3, -0.25) is 14.5 Å². The van der Waals surface area contributed by atoms with E-state index in [9.17, 15) is 9.59 Å². The lowest BCUT2D eigenvalue weighted by Crippen LogP contribution is -2.51. The summed E-state index contributed by atoms with van der Waals surface area (Å²) in [7, 11) is 0. The lowest BCUT2D eigenvalue weighted by Gasteiger charge is -2.40. The van der Waals surface area contributed by atoms with Crippen LogP contribution >= 0.6 is 11.6 Å². The zero-order valence-corrected chi connectivity index (χ0v) is 25.7. The highest BCUT2D eigenvalue weighted by molar-refractivity contribution is 6.31. The predicted molar refractivity (Wildman–Crippen MR) is 175 cm³/mol. The average Bonchev–Trinajstić information content (AvgIpc) is 3.12. The minimum Gasteiger partial charge on any atom is -0.357 e. The predicted octanol–water partition coefficient (Wildman–Crippen LogP) is 6.81. The van der Waals surface area contributed by atoms with Gasteiger partial charge in [-0.15, -0.1) is 0 Å². The Bertz CT molecular complexity index is 1560. The van der Waals surface area contributed by atoms with E-state index in [1.807, 2.05) is 71.6 Å². The summed E-state index contributed by atoms with van der Waals surface area (Å²) in [5.74, 6) is 0.157. The zero-order chi connectivity index (χ0) is 30.0. The lowest BCUT2D eigenvalue weighted by atomic mass is 9.73. The third kappa shape index (κ3) is 6.41. The minimum absolute atomic E-state index is 0.0546. The summed E-state index contributed by atoms with van der Waals surface area (Å²) in [5, 5.41) is 4.21. The van der Waals surface area contributed by atoms with Crippen LogP contribution in [-0.2, 0) is 9.59 Å². The van der Waals surface area contributed by atoms with Crippen molar-refractivity contribution in [3.63, 3.8) is 0 Å². The standard InChI is InChI=1S/C36H39ClN4O2/c1-36(2)23-30-34(32(42)24-36)35(27-14-6-7-15-28(27)37)41(31-17-9-8-16-29(31)38-30)25-33(43)40-21-19-39(20-22-40)18-10-13-26-11-4-3-5-12-26/h3-17,35,38H,18-25H2,1-2H3/b13-10+. The average molecular weight is 595 g/mol. The fraction of sp³-hybridized carbons (Fsp3) is 0.333. The van der Waals surface area contributed by atoms with Gasteiger partial charge in [-0.2, -0.15) is 0 Å². The Kier molecular flexibility index (Phi) is 8.42. The molecule has 0 aromatic heterocycles. The number of hydrogen-bond donors (Lipinski definition) is 1. The molecule has 1 atom stereocenters. The summed E-state index contributed by atoms with van der Waals surface area (Å²) in [4.78, 5) is 34.3. The molecule has 1 N–H and O–H groups in total. The van der Waals surface area contributed by atoms with Crippen molar-refractivity contribution >= 4 is 40.7 Å². The number of carbonyl (C=O) groups excluding carboxylic acids is 2. The van der Waals surface area contributed by atoms with Crippen LogP contribution < -0.4 is 10.2 Å². The van der Waals surface area contributed by atoms with Crippen molar-refractivity contribution in [2.75, 3.05) is 49.5 Å². The highest BCUT2D eigenvalue weighted by Crippen LogP contribution is 2.49. The summed E-state index contributed by atoms with van der Waals surface area (Å²) < 4.78 is 0. The van der Waals surface area contributed by atoms with Gasteiger partial charge in [0, 0.05) is 55.4 Å². The van der Waals surface area contributed by atoms with E-state index in [-0.39, 0.29) is 23.7 Å². The second-order valence-corrected chi connectivity index (χ2v) is 12.9. The smallest absolute Gasteiger partial charge is 0.242 e. The second kappa shape index (κ2) is 12.4. The van der Waals surface area contributed by atoms with Gasteiger partial charge in [0.25, 0.3) is 0 Å². The number of allylic oxidation sites excluding steroid dienone is 1. The molecule has 6 nitrogen and oxygen atoms in total. The maximum absolute atomic E-state index is 14.0. The molecule has 43 heavy (non-hydrogen) atoms. The largest absolute Gasteiger partial charge is 0.357 e. The van der Waals surface area contributed by atoms with E-state index < -0.39 is 6.04 Å². The summed E-state index contributed by atoms with van der Waals surface area (Å²) >= 11 is 6.83. The molecule has 0 radical (unpaired) electrons. The van der Waals surface area contributed by atoms with E-state index in [1.165, 1.54) is 5.56 Å². The van der Waals surface area contributed by atoms with Gasteiger partial charge < -0.3 is 15.1 Å². The van der Waals surface area contributed by atoms with Crippen LogP contribution in [0, 0.1) is 5.41 Å². The van der Waals surface area contributed by atoms with E-state index in [0.29, 0.717) is 30.1 Å². The van der Waals surface area contributed by atoms with Gasteiger partial charge in [0.1, 0.15) is 0 Å². The van der Waals surface area contributed by atoms with Crippen molar-refractivity contribution in [1.82, 2.24) is 9.80 Å². The molecule has 3 aromatic carbocycles. The Balaban J connectivity index is 1.26. The molecule has 222 valence electrons. The number of Topliss-reactive ketones (excluding diaryl/α,β-unsaturated/α-hetero) is 1. The molecule has 3 aromatic rings. The van der Waals surface area contributed by atoms with Crippen molar-refractivity contribution in [2.24, 2.45) is 5.41 Å². The molecule has 2 heterocycles. The molecular weight excluding hydrogens is 556 g/mol. The maximum Gasteiger partial charge on any atom is 0.242 e. The zero-order valence-electron chi connectivity index (χ0n) is 24.9. The maximum atomic E-state index is 14.0. The van der Waals surface area contributed by atoms with Crippen LogP contribution in [-0.4, -0.2) is 60.8 Å². The van der Waals surface area contributed by atoms with Gasteiger partial charge in [-0.25, -0.2) is 0 Å². The Morgan fingerprint density at radius 2 is 1.63 bits per heavy atom. The molecular formula is C36H39ClN4O2. The molecule has 0 saturated carbocycles. The summed E-state index contributed by atoms with van der Waals surface area (Å²) in [6.07, 6.45) is 5.53. The molecule has 1 saturated heterocycles. The molecule has 0 spiro atoms. The first-order chi connectivity index (χ1) is 20.8. The number of nitrogens with one attached hydrogen (secondary N) is 1. The number of nitrogens with zero attached hydrogens (tertiary/aromatic N) is 3. The molecule has 1 fully saturated rings. The van der Waals surface area contributed by atoms with E-state index in [1.54, 1.807) is 0 Å². The van der Waals surface area contributed by atoms with Gasteiger partial charge in [-0.05, 0) is 41.2 Å². The number of para-hydroxylation sites is 2. The van der Waals surface area contributed by atoms with Crippen LogP contribution in [0.2, 0.25) is 5.02 Å². The fourth-order valence-corrected chi connectivity index (χ4v) is 6.81. The number of halogens is 1. The number of piperazine rings is 1. The molecule has 1 aliphatic carbocycles. The Morgan fingerprint density at radius 3 is 2.40 bits per heavy atom. The quantitative estimate of drug-likeness (QED) is 0.340. The molecule has 6 rings (SSSR count). The lowest BCUT2D eigenvalue weighted by molar-refractivity contribution is -0.131. The molecule has 1 amide bonds. The molecule has 3 aliphatic rings. The molecule has 2 aliphatic heterocycles. The number of ketones is 1. The number of amides is 1. The fourth-order valence-electron chi connectivity index (χ4n) is 6.58. The van der Waals surface area contributed by atoms with E-state index in [2.05, 4.69) is 53.2 Å². The molecule has 1 unspecified atom stereocenters. The van der Waals surface area contributed by atoms with Crippen LogP contribution in [0.15, 0.2) is 96.2 Å². The third-order valence-corrected chi connectivity index (χ3v) is 9.05. The Hall–Kier alpha value is -3.87. The summed E-state index contributed by atoms with van der Waals surface area (Å²) in [5.41, 5.74) is 5.30. The first-order valence-corrected chi connectivity index (χ1v) is 15.5. The Morgan fingerprint density at radius 1 is 0.930 bits per heavy atom. The van der Waals surface area contributed by atoms with Crippen molar-refractivity contribution in [1.29, 1.82) is 0 Å². The minimum atomic E-state index is -0.475. The van der Waals surface area contributed by atoms with Gasteiger partial charge in [-0.1, -0.05) is 98.3 Å². The topological polar surface area (TPSA) is 55.9 Å². The first kappa shape index (κ1) is 29.2. The van der Waals surface area contributed by atoms with Crippen molar-refractivity contribution in [3.05, 3.63) is 112 Å². The monoisotopic (exact) mass is 594 g/mol. The molecule has 0 bridgehead atoms. The number of benzene rings is 3. The van der Waals surface area contributed by atoms with E-state index >= 15 is 0 Å². The van der Waals surface area contributed by atoms with Gasteiger partial charge in [0.05, 0.1) is 24.0 Å². The number of carbonyl (C=O) groups is 2. The van der Waals surface area contributed by atoms with Crippen LogP contribution in [0.1, 0.15) is 43.9 Å². The van der Waals surface area contributed by atoms with Crippen LogP contribution in [0.25, 0.3) is 6.08 Å². The normalized spacial score (nSPS) is 20.4. The van der Waals surface area contributed by atoms with Gasteiger partial charge in [0.2, 0.25) is 5.91 Å². The van der Waals surface area contributed by atoms with Gasteiger partial charge in [0.15, 0.2) is 5.78 Å². The van der Waals surface area contributed by atoms with E-state index in [0.717, 1.165) is 48.7 Å². The Labute approximate surface area is 259 Å². The number of hydrogen-bond acceptors (Lipinski definition) is 5. The second-order valence-electron chi connectivity index (χ2n) is 12.5. The number of anilines is 2. The SMILES string of the molecule is CC1(C)CC(=O)C2=C(C1)Nc1ccccc1N(CC(=O)N1CCN(C/C=C/c3ccccc3)CC1)C2c1ccccc1Cl. The molecule has 7 heteroatoms. The first-order valence-electron chi connectivity index (χ1n) is 15.1. The van der Waals surface area contributed by atoms with Crippen molar-refractivity contribution in [2.45, 2.75) is 32.7 Å². The van der Waals surface area contributed by atoms with Crippen molar-refractivity contribution in [3.8, 4) is 0 Å². The van der Waals surface area contributed by atoms with Crippen LogP contribution in [0.4, 0.5) is 11.4 Å². The summed E-state index contributed by atoms with van der Waals surface area (Å²) in [6.45, 7) is 8.25. The highest BCUT2D eigenvalue weighted by Gasteiger charge is 2.42. The van der Waals surface area contributed by atoms with Crippen LogP contribution in [0.3, 0.4) is 0 Å². The third-order valence-electron chi connectivity index (χ3n) is 8.71. The number of rotatable bonds is 6. The van der Waals surface area contributed by atoms with Crippen LogP contribution in [0.5, 0.6) is 0 Å². The summed E-state index contributed by atoms with van der Waals surface area (Å²) in [6, 6.07) is 25.6. The van der Waals surface area contributed by atoms with Crippen molar-refractivity contribution < 1.29 is 9.59 Å². The van der Waals surface area contributed by atoms with Gasteiger partial charge >= 0.3 is 0 Å². The highest BCUT2D eigenvalue weighted by atomic mass is 35.5. The van der Waals surface area contributed by atoms with E-state index in [4.69, 9.17) is 11.6 Å². The number of fused-ring (bicyclic) bond motifs is 1.